The van der Waals surface area contributed by atoms with Crippen LogP contribution in [0.1, 0.15) is 11.1 Å². The van der Waals surface area contributed by atoms with E-state index in [0.29, 0.717) is 22.6 Å². The Labute approximate surface area is 208 Å². The zero-order valence-corrected chi connectivity index (χ0v) is 19.4. The number of thiophene rings is 1. The maximum Gasteiger partial charge on any atom is 0.416 e. The van der Waals surface area contributed by atoms with Crippen LogP contribution in [-0.2, 0) is 12.4 Å². The van der Waals surface area contributed by atoms with Gasteiger partial charge in [0.15, 0.2) is 0 Å². The summed E-state index contributed by atoms with van der Waals surface area (Å²) >= 11 is 13.9. The molecular formula is C24H12Cl2F6O2S. The number of phenolic OH excluding ortho intramolecular Hbond substituents is 2. The molecule has 11 heteroatoms. The van der Waals surface area contributed by atoms with Crippen LogP contribution in [0.3, 0.4) is 0 Å². The third kappa shape index (κ3) is 4.94. The van der Waals surface area contributed by atoms with Crippen LogP contribution in [0.25, 0.3) is 32.7 Å². The van der Waals surface area contributed by atoms with Crippen molar-refractivity contribution in [2.75, 3.05) is 0 Å². The fourth-order valence-electron chi connectivity index (χ4n) is 3.65. The Hall–Kier alpha value is -2.88. The van der Waals surface area contributed by atoms with Gasteiger partial charge in [0.2, 0.25) is 0 Å². The zero-order valence-electron chi connectivity index (χ0n) is 17.1. The number of alkyl halides is 6. The molecule has 1 heterocycles. The smallest absolute Gasteiger partial charge is 0.416 e. The number of hydrogen-bond acceptors (Lipinski definition) is 3. The maximum atomic E-state index is 13.5. The van der Waals surface area contributed by atoms with Crippen LogP contribution < -0.4 is 0 Å². The van der Waals surface area contributed by atoms with Gasteiger partial charge in [-0.15, -0.1) is 11.3 Å². The van der Waals surface area contributed by atoms with E-state index in [4.69, 9.17) is 23.2 Å². The Morgan fingerprint density at radius 2 is 1.34 bits per heavy atom. The molecular weight excluding hydrogens is 537 g/mol. The summed E-state index contributed by atoms with van der Waals surface area (Å²) < 4.78 is 80.9. The highest BCUT2D eigenvalue weighted by molar-refractivity contribution is 7.13. The number of phenols is 2. The van der Waals surface area contributed by atoms with Crippen molar-refractivity contribution in [1.29, 1.82) is 0 Å². The second-order valence-corrected chi connectivity index (χ2v) is 9.18. The van der Waals surface area contributed by atoms with Gasteiger partial charge in [0.25, 0.3) is 0 Å². The van der Waals surface area contributed by atoms with Crippen molar-refractivity contribution in [2.45, 2.75) is 12.4 Å². The van der Waals surface area contributed by atoms with Crippen LogP contribution in [0.15, 0.2) is 60.0 Å². The van der Waals surface area contributed by atoms with E-state index in [1.807, 2.05) is 0 Å². The van der Waals surface area contributed by atoms with Gasteiger partial charge in [-0.05, 0) is 58.5 Å². The first-order valence-electron chi connectivity index (χ1n) is 9.65. The molecule has 0 fully saturated rings. The van der Waals surface area contributed by atoms with Gasteiger partial charge in [-0.1, -0.05) is 35.3 Å². The number of rotatable bonds is 3. The molecule has 0 aliphatic carbocycles. The van der Waals surface area contributed by atoms with E-state index in [9.17, 15) is 36.6 Å². The molecule has 4 rings (SSSR count). The van der Waals surface area contributed by atoms with Gasteiger partial charge in [0.05, 0.1) is 21.2 Å². The average molecular weight is 549 g/mol. The van der Waals surface area contributed by atoms with Crippen molar-refractivity contribution in [1.82, 2.24) is 0 Å². The van der Waals surface area contributed by atoms with Crippen molar-refractivity contribution in [3.63, 3.8) is 0 Å². The molecule has 0 spiro atoms. The Morgan fingerprint density at radius 3 is 1.89 bits per heavy atom. The maximum absolute atomic E-state index is 13.5. The van der Waals surface area contributed by atoms with Crippen molar-refractivity contribution in [2.24, 2.45) is 0 Å². The van der Waals surface area contributed by atoms with Crippen molar-refractivity contribution < 1.29 is 36.6 Å². The summed E-state index contributed by atoms with van der Waals surface area (Å²) in [5, 5.41) is 22.8. The van der Waals surface area contributed by atoms with Crippen molar-refractivity contribution >= 4 is 34.5 Å². The molecule has 35 heavy (non-hydrogen) atoms. The van der Waals surface area contributed by atoms with Crippen molar-refractivity contribution in [3.05, 3.63) is 81.1 Å². The molecule has 2 N–H and O–H groups in total. The summed E-state index contributed by atoms with van der Waals surface area (Å²) in [5.41, 5.74) is -3.48. The lowest BCUT2D eigenvalue weighted by atomic mass is 9.88. The molecule has 0 atom stereocenters. The predicted molar refractivity (Wildman–Crippen MR) is 124 cm³/mol. The molecule has 0 amide bonds. The van der Waals surface area contributed by atoms with Crippen LogP contribution in [0, 0.1) is 0 Å². The molecule has 0 saturated heterocycles. The molecule has 0 unspecified atom stereocenters. The summed E-state index contributed by atoms with van der Waals surface area (Å²) in [6, 6.07) is 9.18. The molecule has 0 saturated carbocycles. The monoisotopic (exact) mass is 548 g/mol. The third-order valence-corrected chi connectivity index (χ3v) is 6.82. The van der Waals surface area contributed by atoms with Gasteiger partial charge in [-0.3, -0.25) is 0 Å². The fraction of sp³-hybridized carbons (Fsp3) is 0.0833. The first-order chi connectivity index (χ1) is 16.3. The van der Waals surface area contributed by atoms with Crippen LogP contribution in [0.5, 0.6) is 11.5 Å². The minimum absolute atomic E-state index is 0.00205. The quantitative estimate of drug-likeness (QED) is 0.250. The average Bonchev–Trinajstić information content (AvgIpc) is 3.28. The minimum Gasteiger partial charge on any atom is -0.508 e. The van der Waals surface area contributed by atoms with Gasteiger partial charge in [-0.2, -0.15) is 26.3 Å². The lowest BCUT2D eigenvalue weighted by Crippen LogP contribution is -2.11. The van der Waals surface area contributed by atoms with E-state index in [0.717, 1.165) is 12.1 Å². The number of benzene rings is 3. The van der Waals surface area contributed by atoms with Crippen molar-refractivity contribution in [3.8, 4) is 44.2 Å². The van der Waals surface area contributed by atoms with Gasteiger partial charge in [0, 0.05) is 22.1 Å². The SMILES string of the molecule is Oc1cc(O)c(-c2ccc(Cl)c(Cl)c2-c2cccs2)c(-c2cc(C(F)(F)F)cc(C(F)(F)F)c2)c1. The third-order valence-electron chi connectivity index (χ3n) is 5.13. The Bertz CT molecular complexity index is 1380. The largest absolute Gasteiger partial charge is 0.508 e. The van der Waals surface area contributed by atoms with Gasteiger partial charge in [-0.25, -0.2) is 0 Å². The molecule has 3 aromatic carbocycles. The fourth-order valence-corrected chi connectivity index (χ4v) is 4.92. The second-order valence-electron chi connectivity index (χ2n) is 7.44. The molecule has 0 aliphatic heterocycles. The molecule has 182 valence electrons. The van der Waals surface area contributed by atoms with E-state index < -0.39 is 40.5 Å². The number of hydrogen-bond donors (Lipinski definition) is 2. The van der Waals surface area contributed by atoms with Crippen LogP contribution in [-0.4, -0.2) is 10.2 Å². The number of halogens is 8. The van der Waals surface area contributed by atoms with Crippen LogP contribution in [0.4, 0.5) is 26.3 Å². The summed E-state index contributed by atoms with van der Waals surface area (Å²) in [6.07, 6.45) is -10.2. The molecule has 0 radical (unpaired) electrons. The highest BCUT2D eigenvalue weighted by Gasteiger charge is 2.37. The predicted octanol–water partition coefficient (Wildman–Crippen LogP) is 9.50. The van der Waals surface area contributed by atoms with E-state index in [1.165, 1.54) is 23.5 Å². The van der Waals surface area contributed by atoms with E-state index in [2.05, 4.69) is 0 Å². The van der Waals surface area contributed by atoms with Gasteiger partial charge >= 0.3 is 12.4 Å². The number of aromatic hydroxyl groups is 2. The second kappa shape index (κ2) is 8.96. The molecule has 2 nitrogen and oxygen atoms in total. The summed E-state index contributed by atoms with van der Waals surface area (Å²) in [4.78, 5) is 0.589. The minimum atomic E-state index is -5.08. The Balaban J connectivity index is 2.10. The lowest BCUT2D eigenvalue weighted by molar-refractivity contribution is -0.143. The van der Waals surface area contributed by atoms with E-state index >= 15 is 0 Å². The van der Waals surface area contributed by atoms with E-state index in [-0.39, 0.29) is 32.8 Å². The molecule has 0 aliphatic rings. The van der Waals surface area contributed by atoms with Gasteiger partial charge in [0.1, 0.15) is 11.5 Å². The molecule has 0 bridgehead atoms. The summed E-state index contributed by atoms with van der Waals surface area (Å²) in [6.45, 7) is 0. The normalized spacial score (nSPS) is 12.2. The highest BCUT2D eigenvalue weighted by Crippen LogP contribution is 2.50. The van der Waals surface area contributed by atoms with E-state index in [1.54, 1.807) is 17.5 Å². The standard InChI is InChI=1S/C24H12Cl2F6O2S/c25-17-4-3-15(21(22(17)26)19-2-1-5-35-19)20-16(9-14(33)10-18(20)34)11-6-12(23(27,28)29)8-13(7-11)24(30,31)32/h1-10,33-34H. The zero-order chi connectivity index (χ0) is 25.7. The lowest BCUT2D eigenvalue weighted by Gasteiger charge is -2.19. The first kappa shape index (κ1) is 25.2. The van der Waals surface area contributed by atoms with Gasteiger partial charge < -0.3 is 10.2 Å². The topological polar surface area (TPSA) is 40.5 Å². The van der Waals surface area contributed by atoms with Crippen LogP contribution >= 0.6 is 34.5 Å². The molecule has 1 aromatic heterocycles. The first-order valence-corrected chi connectivity index (χ1v) is 11.3. The summed E-state index contributed by atoms with van der Waals surface area (Å²) in [5.74, 6) is -1.15. The Morgan fingerprint density at radius 1 is 0.714 bits per heavy atom. The summed E-state index contributed by atoms with van der Waals surface area (Å²) in [7, 11) is 0. The molecule has 4 aromatic rings. The van der Waals surface area contributed by atoms with Crippen LogP contribution in [0.2, 0.25) is 10.0 Å². The highest BCUT2D eigenvalue weighted by atomic mass is 35.5. The Kier molecular flexibility index (Phi) is 6.46.